The molecule has 2 rings (SSSR count). The number of benzene rings is 1. The summed E-state index contributed by atoms with van der Waals surface area (Å²) in [6.45, 7) is 1.23. The lowest BCUT2D eigenvalue weighted by molar-refractivity contribution is -0.384. The highest BCUT2D eigenvalue weighted by atomic mass is 16.6. The Labute approximate surface area is 110 Å². The van der Waals surface area contributed by atoms with E-state index in [2.05, 4.69) is 5.32 Å². The molecule has 0 spiro atoms. The lowest BCUT2D eigenvalue weighted by Crippen LogP contribution is -2.22. The third kappa shape index (κ3) is 3.01. The van der Waals surface area contributed by atoms with Crippen molar-refractivity contribution in [2.24, 2.45) is 0 Å². The molecule has 1 saturated heterocycles. The van der Waals surface area contributed by atoms with Gasteiger partial charge in [-0.05, 0) is 11.6 Å². The van der Waals surface area contributed by atoms with E-state index in [1.54, 1.807) is 19.2 Å². The lowest BCUT2D eigenvalue weighted by Gasteiger charge is -2.15. The first-order valence-corrected chi connectivity index (χ1v) is 6.05. The second-order valence-electron chi connectivity index (χ2n) is 4.69. The van der Waals surface area contributed by atoms with Crippen LogP contribution in [0.4, 0.5) is 11.4 Å². The van der Waals surface area contributed by atoms with Gasteiger partial charge in [-0.2, -0.15) is 0 Å². The zero-order valence-corrected chi connectivity index (χ0v) is 10.6. The summed E-state index contributed by atoms with van der Waals surface area (Å²) in [6.07, 6.45) is -1.49. The van der Waals surface area contributed by atoms with Crippen molar-refractivity contribution in [1.82, 2.24) is 4.90 Å². The van der Waals surface area contributed by atoms with Gasteiger partial charge in [0, 0.05) is 32.7 Å². The molecule has 1 aliphatic heterocycles. The second kappa shape index (κ2) is 5.52. The number of nitro benzene ring substituents is 1. The molecule has 0 bridgehead atoms. The molecular formula is C12H17N3O4. The first-order valence-electron chi connectivity index (χ1n) is 6.05. The van der Waals surface area contributed by atoms with Gasteiger partial charge in [-0.25, -0.2) is 0 Å². The van der Waals surface area contributed by atoms with Crippen LogP contribution >= 0.6 is 0 Å². The summed E-state index contributed by atoms with van der Waals surface area (Å²) < 4.78 is 0. The Morgan fingerprint density at radius 3 is 2.58 bits per heavy atom. The third-order valence-corrected chi connectivity index (χ3v) is 3.27. The van der Waals surface area contributed by atoms with Gasteiger partial charge in [0.1, 0.15) is 5.69 Å². The molecule has 0 aromatic heterocycles. The molecule has 2 unspecified atom stereocenters. The summed E-state index contributed by atoms with van der Waals surface area (Å²) in [5.74, 6) is 0. The van der Waals surface area contributed by atoms with Crippen LogP contribution < -0.4 is 5.32 Å². The largest absolute Gasteiger partial charge is 0.389 e. The molecule has 19 heavy (non-hydrogen) atoms. The van der Waals surface area contributed by atoms with E-state index in [4.69, 9.17) is 0 Å². The van der Waals surface area contributed by atoms with Crippen LogP contribution in [0.5, 0.6) is 0 Å². The number of aliphatic hydroxyl groups excluding tert-OH is 2. The van der Waals surface area contributed by atoms with Gasteiger partial charge in [0.15, 0.2) is 0 Å². The smallest absolute Gasteiger partial charge is 0.292 e. The van der Waals surface area contributed by atoms with Gasteiger partial charge in [-0.3, -0.25) is 15.0 Å². The van der Waals surface area contributed by atoms with Crippen molar-refractivity contribution in [2.45, 2.75) is 18.8 Å². The highest BCUT2D eigenvalue weighted by molar-refractivity contribution is 5.62. The molecule has 2 atom stereocenters. The number of nitrogens with zero attached hydrogens (tertiary/aromatic N) is 2. The van der Waals surface area contributed by atoms with Crippen molar-refractivity contribution in [3.05, 3.63) is 33.9 Å². The number of nitrogens with one attached hydrogen (secondary N) is 1. The van der Waals surface area contributed by atoms with E-state index in [9.17, 15) is 20.3 Å². The van der Waals surface area contributed by atoms with Crippen LogP contribution in [0.1, 0.15) is 5.56 Å². The summed E-state index contributed by atoms with van der Waals surface area (Å²) in [4.78, 5) is 12.4. The van der Waals surface area contributed by atoms with Crippen molar-refractivity contribution < 1.29 is 15.1 Å². The number of likely N-dealkylation sites (tertiary alicyclic amines) is 1. The zero-order chi connectivity index (χ0) is 14.0. The predicted molar refractivity (Wildman–Crippen MR) is 69.9 cm³/mol. The average molecular weight is 267 g/mol. The molecule has 0 aliphatic carbocycles. The fraction of sp³-hybridized carbons (Fsp3) is 0.500. The van der Waals surface area contributed by atoms with Crippen LogP contribution in [-0.2, 0) is 6.54 Å². The van der Waals surface area contributed by atoms with E-state index in [0.29, 0.717) is 25.3 Å². The Balaban J connectivity index is 2.13. The van der Waals surface area contributed by atoms with Crippen molar-refractivity contribution in [2.75, 3.05) is 25.5 Å². The van der Waals surface area contributed by atoms with Gasteiger partial charge < -0.3 is 15.5 Å². The number of hydrogen-bond donors (Lipinski definition) is 3. The van der Waals surface area contributed by atoms with E-state index in [0.717, 1.165) is 5.56 Å². The molecule has 1 aliphatic rings. The van der Waals surface area contributed by atoms with Gasteiger partial charge in [0.25, 0.3) is 5.69 Å². The lowest BCUT2D eigenvalue weighted by atomic mass is 10.1. The number of anilines is 1. The Bertz CT molecular complexity index is 470. The van der Waals surface area contributed by atoms with Crippen LogP contribution in [0.25, 0.3) is 0 Å². The summed E-state index contributed by atoms with van der Waals surface area (Å²) in [5.41, 5.74) is 1.28. The molecule has 7 nitrogen and oxygen atoms in total. The Kier molecular flexibility index (Phi) is 3.98. The van der Waals surface area contributed by atoms with E-state index in [1.165, 1.54) is 6.07 Å². The molecule has 1 fully saturated rings. The average Bonchev–Trinajstić information content (AvgIpc) is 2.68. The van der Waals surface area contributed by atoms with E-state index in [1.807, 2.05) is 4.90 Å². The molecule has 0 radical (unpaired) electrons. The summed E-state index contributed by atoms with van der Waals surface area (Å²) in [6, 6.07) is 4.98. The summed E-state index contributed by atoms with van der Waals surface area (Å²) >= 11 is 0. The maximum atomic E-state index is 10.9. The Morgan fingerprint density at radius 2 is 2.05 bits per heavy atom. The van der Waals surface area contributed by atoms with Gasteiger partial charge in [0.05, 0.1) is 17.1 Å². The fourth-order valence-electron chi connectivity index (χ4n) is 2.27. The van der Waals surface area contributed by atoms with Crippen molar-refractivity contribution in [1.29, 1.82) is 0 Å². The van der Waals surface area contributed by atoms with Gasteiger partial charge in [0.2, 0.25) is 0 Å². The fourth-order valence-corrected chi connectivity index (χ4v) is 2.27. The van der Waals surface area contributed by atoms with Crippen LogP contribution in [0.15, 0.2) is 18.2 Å². The molecule has 0 saturated carbocycles. The second-order valence-corrected chi connectivity index (χ2v) is 4.69. The minimum atomic E-state index is -0.744. The van der Waals surface area contributed by atoms with Crippen molar-refractivity contribution in [3.8, 4) is 0 Å². The third-order valence-electron chi connectivity index (χ3n) is 3.27. The Morgan fingerprint density at radius 1 is 1.42 bits per heavy atom. The minimum Gasteiger partial charge on any atom is -0.389 e. The predicted octanol–water partition coefficient (Wildman–Crippen LogP) is 0.174. The maximum absolute atomic E-state index is 10.9. The topological polar surface area (TPSA) is 98.9 Å². The molecule has 3 N–H and O–H groups in total. The monoisotopic (exact) mass is 267 g/mol. The Hall–Kier alpha value is -1.70. The maximum Gasteiger partial charge on any atom is 0.292 e. The zero-order valence-electron chi connectivity index (χ0n) is 10.6. The van der Waals surface area contributed by atoms with E-state index < -0.39 is 17.1 Å². The molecule has 1 heterocycles. The molecule has 1 aromatic rings. The SMILES string of the molecule is CNc1ccc(CN2CC(O)C(O)C2)cc1[N+](=O)[O-]. The molecule has 0 amide bonds. The molecular weight excluding hydrogens is 250 g/mol. The summed E-state index contributed by atoms with van der Waals surface area (Å²) in [7, 11) is 1.63. The van der Waals surface area contributed by atoms with Crippen LogP contribution in [0.3, 0.4) is 0 Å². The first kappa shape index (κ1) is 13.7. The van der Waals surface area contributed by atoms with Gasteiger partial charge in [-0.15, -0.1) is 0 Å². The molecule has 1 aromatic carbocycles. The van der Waals surface area contributed by atoms with Crippen molar-refractivity contribution in [3.63, 3.8) is 0 Å². The van der Waals surface area contributed by atoms with Crippen LogP contribution in [0.2, 0.25) is 0 Å². The number of aliphatic hydroxyl groups is 2. The van der Waals surface area contributed by atoms with E-state index in [-0.39, 0.29) is 5.69 Å². The minimum absolute atomic E-state index is 0.0280. The quantitative estimate of drug-likeness (QED) is 0.531. The van der Waals surface area contributed by atoms with Crippen LogP contribution in [0, 0.1) is 10.1 Å². The highest BCUT2D eigenvalue weighted by Crippen LogP contribution is 2.26. The molecule has 104 valence electrons. The number of rotatable bonds is 4. The molecule has 7 heteroatoms. The normalized spacial score (nSPS) is 23.5. The summed E-state index contributed by atoms with van der Waals surface area (Å²) in [5, 5.41) is 32.6. The van der Waals surface area contributed by atoms with Crippen molar-refractivity contribution >= 4 is 11.4 Å². The van der Waals surface area contributed by atoms with E-state index >= 15 is 0 Å². The first-order chi connectivity index (χ1) is 9.01. The number of nitro groups is 1. The standard InChI is InChI=1S/C12H17N3O4/c1-13-9-3-2-8(4-10(9)15(18)19)5-14-6-11(16)12(17)7-14/h2-4,11-13,16-17H,5-7H2,1H3. The van der Waals surface area contributed by atoms with Crippen LogP contribution in [-0.4, -0.2) is 52.4 Å². The number of hydrogen-bond acceptors (Lipinski definition) is 6. The highest BCUT2D eigenvalue weighted by Gasteiger charge is 2.29. The number of β-amino-alcohol motifs (C(OH)–C–C–N with tert-alkyl or cyclic N) is 2. The van der Waals surface area contributed by atoms with Gasteiger partial charge >= 0.3 is 0 Å². The van der Waals surface area contributed by atoms with Gasteiger partial charge in [-0.1, -0.05) is 6.07 Å².